The summed E-state index contributed by atoms with van der Waals surface area (Å²) < 4.78 is 5.52. The Balaban J connectivity index is 1.92. The van der Waals surface area contributed by atoms with E-state index in [0.717, 1.165) is 4.90 Å². The lowest BCUT2D eigenvalue weighted by Crippen LogP contribution is -2.54. The number of rotatable bonds is 7. The van der Waals surface area contributed by atoms with Crippen LogP contribution in [0.25, 0.3) is 0 Å². The summed E-state index contributed by atoms with van der Waals surface area (Å²) in [5.74, 6) is -4.10. The van der Waals surface area contributed by atoms with Crippen LogP contribution in [0.15, 0.2) is 54.6 Å². The number of fused-ring (bicyclic) bond motifs is 1. The smallest absolute Gasteiger partial charge is 0.450 e. The number of hydrogen-bond acceptors (Lipinski definition) is 7. The molecule has 4 rings (SSSR count). The zero-order valence-corrected chi connectivity index (χ0v) is 18.9. The van der Waals surface area contributed by atoms with Gasteiger partial charge in [0.2, 0.25) is 23.4 Å². The molecule has 2 aliphatic heterocycles. The van der Waals surface area contributed by atoms with Gasteiger partial charge in [0.1, 0.15) is 11.8 Å². The summed E-state index contributed by atoms with van der Waals surface area (Å²) in [6, 6.07) is 13.7. The van der Waals surface area contributed by atoms with Gasteiger partial charge in [-0.3, -0.25) is 24.7 Å². The molecular formula is C24H25N5O6. The number of hydrogen-bond donors (Lipinski definition) is 4. The highest BCUT2D eigenvalue weighted by Crippen LogP contribution is 2.55. The number of ether oxygens (including phenoxy) is 1. The molecule has 35 heavy (non-hydrogen) atoms. The van der Waals surface area contributed by atoms with E-state index in [4.69, 9.17) is 21.6 Å². The molecule has 0 aliphatic carbocycles. The third-order valence-corrected chi connectivity index (χ3v) is 6.68. The quantitative estimate of drug-likeness (QED) is 0.198. The van der Waals surface area contributed by atoms with Crippen LogP contribution in [0.2, 0.25) is 0 Å². The van der Waals surface area contributed by atoms with Gasteiger partial charge in [0.25, 0.3) is 0 Å². The lowest BCUT2D eigenvalue weighted by atomic mass is 9.83. The van der Waals surface area contributed by atoms with Crippen molar-refractivity contribution in [3.05, 3.63) is 65.7 Å². The number of nitrogens with two attached hydrogens (primary N) is 2. The highest BCUT2D eigenvalue weighted by Gasteiger charge is 2.70. The molecule has 2 heterocycles. The number of nitrogens with one attached hydrogen (secondary N) is 1. The van der Waals surface area contributed by atoms with Gasteiger partial charge in [-0.25, -0.2) is 9.69 Å². The zero-order chi connectivity index (χ0) is 25.5. The van der Waals surface area contributed by atoms with Crippen molar-refractivity contribution in [1.82, 2.24) is 4.90 Å². The van der Waals surface area contributed by atoms with Crippen molar-refractivity contribution >= 4 is 35.4 Å². The van der Waals surface area contributed by atoms with Gasteiger partial charge in [0.05, 0.1) is 11.6 Å². The number of imide groups is 1. The summed E-state index contributed by atoms with van der Waals surface area (Å²) in [5, 5.41) is 17.4. The Bertz CT molecular complexity index is 1200. The molecule has 2 aliphatic rings. The van der Waals surface area contributed by atoms with E-state index in [1.165, 1.54) is 24.3 Å². The number of nitrogen functional groups attached to an aromatic ring is 1. The maximum absolute atomic E-state index is 13.8. The summed E-state index contributed by atoms with van der Waals surface area (Å²) in [6.45, 7) is 1.65. The van der Waals surface area contributed by atoms with Crippen LogP contribution in [-0.2, 0) is 24.8 Å². The third kappa shape index (κ3) is 3.79. The summed E-state index contributed by atoms with van der Waals surface area (Å²) in [7, 11) is 0. The maximum atomic E-state index is 13.8. The molecule has 4 atom stereocenters. The van der Waals surface area contributed by atoms with Crippen LogP contribution in [-0.4, -0.2) is 52.3 Å². The minimum Gasteiger partial charge on any atom is -0.450 e. The molecule has 0 saturated carbocycles. The molecule has 3 amide bonds. The fraction of sp³-hybridized carbons (Fsp3) is 0.292. The number of nitrogens with zero attached hydrogens (tertiary/aromatic N) is 2. The van der Waals surface area contributed by atoms with Crippen LogP contribution in [0.5, 0.6) is 0 Å². The van der Waals surface area contributed by atoms with E-state index in [2.05, 4.69) is 0 Å². The van der Waals surface area contributed by atoms with Gasteiger partial charge >= 0.3 is 6.16 Å². The number of benzene rings is 2. The summed E-state index contributed by atoms with van der Waals surface area (Å²) in [5.41, 5.74) is 10.0. The maximum Gasteiger partial charge on any atom is 0.507 e. The molecule has 11 heteroatoms. The Morgan fingerprint density at radius 2 is 1.69 bits per heavy atom. The summed E-state index contributed by atoms with van der Waals surface area (Å²) in [6.07, 6.45) is -1.80. The number of amides is 3. The first-order valence-electron chi connectivity index (χ1n) is 10.9. The van der Waals surface area contributed by atoms with E-state index >= 15 is 0 Å². The summed E-state index contributed by atoms with van der Waals surface area (Å²) >= 11 is 0. The molecule has 0 bridgehead atoms. The molecule has 4 unspecified atom stereocenters. The second-order valence-electron chi connectivity index (χ2n) is 8.56. The molecule has 2 aromatic carbocycles. The molecule has 0 radical (unpaired) electrons. The van der Waals surface area contributed by atoms with Crippen molar-refractivity contribution < 1.29 is 29.0 Å². The average molecular weight is 479 g/mol. The zero-order valence-electron chi connectivity index (χ0n) is 18.9. The molecule has 182 valence electrons. The Labute approximate surface area is 200 Å². The monoisotopic (exact) mass is 479 g/mol. The Morgan fingerprint density at radius 1 is 1.06 bits per heavy atom. The van der Waals surface area contributed by atoms with Crippen molar-refractivity contribution in [3.63, 3.8) is 0 Å². The first-order valence-corrected chi connectivity index (χ1v) is 10.9. The lowest BCUT2D eigenvalue weighted by Gasteiger charge is -2.41. The van der Waals surface area contributed by atoms with Crippen molar-refractivity contribution in [2.45, 2.75) is 25.1 Å². The van der Waals surface area contributed by atoms with Crippen molar-refractivity contribution in [3.8, 4) is 0 Å². The largest absolute Gasteiger partial charge is 0.507 e. The van der Waals surface area contributed by atoms with E-state index in [1.807, 2.05) is 0 Å². The van der Waals surface area contributed by atoms with Crippen LogP contribution >= 0.6 is 0 Å². The number of carboxylic acid groups (broad SMARTS) is 1. The van der Waals surface area contributed by atoms with Gasteiger partial charge in [0.15, 0.2) is 0 Å². The predicted octanol–water partition coefficient (Wildman–Crippen LogP) is 1.20. The minimum absolute atomic E-state index is 0.0445. The van der Waals surface area contributed by atoms with E-state index in [9.17, 15) is 24.3 Å². The number of carbonyl (C=O) groups is 4. The minimum atomic E-state index is -1.92. The number of anilines is 1. The topological polar surface area (TPSA) is 180 Å². The van der Waals surface area contributed by atoms with Gasteiger partial charge < -0.3 is 21.3 Å². The fourth-order valence-electron chi connectivity index (χ4n) is 5.24. The normalized spacial score (nSPS) is 26.0. The molecule has 0 spiro atoms. The van der Waals surface area contributed by atoms with E-state index in [1.54, 1.807) is 42.2 Å². The van der Waals surface area contributed by atoms with E-state index < -0.39 is 47.5 Å². The molecule has 2 saturated heterocycles. The lowest BCUT2D eigenvalue weighted by molar-refractivity contribution is -0.158. The molecule has 2 aromatic rings. The van der Waals surface area contributed by atoms with Gasteiger partial charge in [0, 0.05) is 30.1 Å². The third-order valence-electron chi connectivity index (χ3n) is 6.68. The molecular weight excluding hydrogens is 454 g/mol. The van der Waals surface area contributed by atoms with Gasteiger partial charge in [-0.2, -0.15) is 0 Å². The Kier molecular flexibility index (Phi) is 6.03. The molecule has 2 fully saturated rings. The van der Waals surface area contributed by atoms with Gasteiger partial charge in [-0.05, 0) is 19.1 Å². The molecule has 11 nitrogen and oxygen atoms in total. The number of para-hydroxylation sites is 1. The predicted molar refractivity (Wildman–Crippen MR) is 124 cm³/mol. The van der Waals surface area contributed by atoms with Crippen LogP contribution in [0, 0.1) is 17.2 Å². The number of likely N-dealkylation sites (tertiary alicyclic amines) is 1. The number of primary amides is 1. The summed E-state index contributed by atoms with van der Waals surface area (Å²) in [4.78, 5) is 53.7. The molecule has 0 aromatic heterocycles. The van der Waals surface area contributed by atoms with Crippen LogP contribution in [0.1, 0.15) is 24.5 Å². The Morgan fingerprint density at radius 3 is 2.23 bits per heavy atom. The standard InChI is InChI=1S/C24H25N5O6/c1-13-18-19(22(32)29(21(18)31)16-5-3-2-4-6-16)24(35-23(33)34,28(13)12-11-17(25)30)15-9-7-14(8-10-15)20(26)27/h2-10,13,18-19H,11-12H2,1H3,(H2,25,30)(H3,26,27)(H,33,34). The highest BCUT2D eigenvalue weighted by molar-refractivity contribution is 6.23. The SMILES string of the molecule is CC1C2C(=O)N(c3ccccc3)C(=O)C2C(OC(=O)O)(c2ccc(C(=N)N)cc2)N1CCC(N)=O. The highest BCUT2D eigenvalue weighted by atomic mass is 16.7. The van der Waals surface area contributed by atoms with Crippen LogP contribution in [0.4, 0.5) is 10.5 Å². The second-order valence-corrected chi connectivity index (χ2v) is 8.56. The van der Waals surface area contributed by atoms with Crippen LogP contribution in [0.3, 0.4) is 0 Å². The number of amidine groups is 1. The Hall–Kier alpha value is -4.25. The van der Waals surface area contributed by atoms with Crippen molar-refractivity contribution in [2.24, 2.45) is 23.3 Å². The average Bonchev–Trinajstić information content (AvgIpc) is 3.22. The second kappa shape index (κ2) is 8.84. The van der Waals surface area contributed by atoms with Crippen molar-refractivity contribution in [1.29, 1.82) is 5.41 Å². The fourth-order valence-corrected chi connectivity index (χ4v) is 5.24. The first kappa shape index (κ1) is 23.9. The van der Waals surface area contributed by atoms with E-state index in [-0.39, 0.29) is 24.4 Å². The van der Waals surface area contributed by atoms with E-state index in [0.29, 0.717) is 11.3 Å². The first-order chi connectivity index (χ1) is 16.6. The number of carbonyl (C=O) groups excluding carboxylic acids is 3. The van der Waals surface area contributed by atoms with Gasteiger partial charge in [-0.15, -0.1) is 0 Å². The van der Waals surface area contributed by atoms with Crippen LogP contribution < -0.4 is 16.4 Å². The van der Waals surface area contributed by atoms with Gasteiger partial charge in [-0.1, -0.05) is 42.5 Å². The molecule has 6 N–H and O–H groups in total. The van der Waals surface area contributed by atoms with Crippen molar-refractivity contribution in [2.75, 3.05) is 11.4 Å².